The molecule has 0 radical (unpaired) electrons. The van der Waals surface area contributed by atoms with Crippen LogP contribution in [-0.2, 0) is 0 Å². The topological polar surface area (TPSA) is 6.48 Å². The van der Waals surface area contributed by atoms with Crippen LogP contribution in [0.1, 0.15) is 37.7 Å². The van der Waals surface area contributed by atoms with Crippen LogP contribution < -0.4 is 0 Å². The van der Waals surface area contributed by atoms with Gasteiger partial charge in [0, 0.05) is 43.0 Å². The Balaban J connectivity index is 1.65. The van der Waals surface area contributed by atoms with Gasteiger partial charge in [0.1, 0.15) is 0 Å². The fourth-order valence-electron chi connectivity index (χ4n) is 3.92. The zero-order valence-corrected chi connectivity index (χ0v) is 14.6. The number of hydrogen-bond acceptors (Lipinski definition) is 2. The fraction of sp³-hybridized carbons (Fsp3) is 0.667. The highest BCUT2D eigenvalue weighted by atomic mass is 79.9. The molecule has 2 saturated heterocycles. The lowest BCUT2D eigenvalue weighted by molar-refractivity contribution is 0.0133. The number of halogens is 1. The van der Waals surface area contributed by atoms with Gasteiger partial charge in [-0.05, 0) is 31.9 Å². The highest BCUT2D eigenvalue weighted by molar-refractivity contribution is 9.09. The first-order chi connectivity index (χ1) is 10.3. The summed E-state index contributed by atoms with van der Waals surface area (Å²) in [5.74, 6) is 0.601. The molecule has 1 aromatic rings. The first-order valence-corrected chi connectivity index (χ1v) is 9.49. The Morgan fingerprint density at radius 2 is 2.00 bits per heavy atom. The summed E-state index contributed by atoms with van der Waals surface area (Å²) in [6.07, 6.45) is 4.22. The number of alkyl halides is 1. The minimum Gasteiger partial charge on any atom is -0.298 e. The Bertz CT molecular complexity index is 436. The van der Waals surface area contributed by atoms with Crippen molar-refractivity contribution in [1.82, 2.24) is 9.80 Å². The molecule has 0 bridgehead atoms. The second-order valence-electron chi connectivity index (χ2n) is 6.71. The van der Waals surface area contributed by atoms with Gasteiger partial charge < -0.3 is 0 Å². The Hall–Kier alpha value is -0.380. The summed E-state index contributed by atoms with van der Waals surface area (Å²) in [5.41, 5.74) is 1.47. The second-order valence-corrected chi connectivity index (χ2v) is 7.36. The molecule has 0 N–H and O–H groups in total. The largest absolute Gasteiger partial charge is 0.298 e. The number of piperidine rings is 1. The summed E-state index contributed by atoms with van der Waals surface area (Å²) in [7, 11) is 0. The van der Waals surface area contributed by atoms with Crippen molar-refractivity contribution >= 4 is 15.9 Å². The maximum atomic E-state index is 3.73. The maximum absolute atomic E-state index is 3.73. The smallest absolute Gasteiger partial charge is 0.0223 e. The van der Waals surface area contributed by atoms with Crippen LogP contribution in [0.3, 0.4) is 0 Å². The molecule has 1 aromatic carbocycles. The van der Waals surface area contributed by atoms with Crippen LogP contribution in [-0.4, -0.2) is 53.4 Å². The van der Waals surface area contributed by atoms with Crippen molar-refractivity contribution in [2.24, 2.45) is 0 Å². The van der Waals surface area contributed by atoms with E-state index in [1.807, 2.05) is 0 Å². The van der Waals surface area contributed by atoms with Crippen LogP contribution >= 0.6 is 15.9 Å². The molecular formula is C18H27BrN2. The molecule has 116 valence electrons. The van der Waals surface area contributed by atoms with Gasteiger partial charge in [-0.25, -0.2) is 0 Å². The molecule has 21 heavy (non-hydrogen) atoms. The van der Waals surface area contributed by atoms with Gasteiger partial charge in [0.15, 0.2) is 0 Å². The van der Waals surface area contributed by atoms with E-state index in [-0.39, 0.29) is 0 Å². The third-order valence-corrected chi connectivity index (χ3v) is 6.01. The van der Waals surface area contributed by atoms with E-state index in [9.17, 15) is 0 Å². The van der Waals surface area contributed by atoms with Crippen molar-refractivity contribution in [1.29, 1.82) is 0 Å². The monoisotopic (exact) mass is 350 g/mol. The number of hydrogen-bond donors (Lipinski definition) is 0. The Labute approximate surface area is 137 Å². The summed E-state index contributed by atoms with van der Waals surface area (Å²) < 4.78 is 0. The number of rotatable bonds is 4. The lowest BCUT2D eigenvalue weighted by Gasteiger charge is -2.48. The van der Waals surface area contributed by atoms with E-state index in [4.69, 9.17) is 0 Å². The van der Waals surface area contributed by atoms with Gasteiger partial charge in [0.05, 0.1) is 0 Å². The van der Waals surface area contributed by atoms with E-state index in [1.165, 1.54) is 51.0 Å². The van der Waals surface area contributed by atoms with Crippen LogP contribution in [0.5, 0.6) is 0 Å². The molecule has 0 aliphatic carbocycles. The number of benzene rings is 1. The molecule has 3 unspecified atom stereocenters. The molecule has 0 amide bonds. The third kappa shape index (κ3) is 3.69. The lowest BCUT2D eigenvalue weighted by Crippen LogP contribution is -2.59. The standard InChI is InChI=1S/C18H27BrN2/c1-15-12-20-10-6-5-9-18(20)14-21(15)13-17(11-19)16-7-3-2-4-8-16/h2-4,7-8,15,17-18H,5-6,9-14H2,1H3. The maximum Gasteiger partial charge on any atom is 0.0223 e. The summed E-state index contributed by atoms with van der Waals surface area (Å²) in [5, 5.41) is 1.05. The minimum atomic E-state index is 0.601. The molecule has 2 heterocycles. The second kappa shape index (κ2) is 7.26. The Morgan fingerprint density at radius 3 is 2.76 bits per heavy atom. The molecule has 0 spiro atoms. The van der Waals surface area contributed by atoms with Gasteiger partial charge in [-0.1, -0.05) is 52.7 Å². The van der Waals surface area contributed by atoms with Crippen molar-refractivity contribution in [2.45, 2.75) is 44.2 Å². The van der Waals surface area contributed by atoms with Crippen molar-refractivity contribution in [3.8, 4) is 0 Å². The van der Waals surface area contributed by atoms with Crippen LogP contribution in [0, 0.1) is 0 Å². The Morgan fingerprint density at radius 1 is 1.19 bits per heavy atom. The molecule has 2 fully saturated rings. The van der Waals surface area contributed by atoms with E-state index in [0.717, 1.165) is 11.4 Å². The zero-order valence-electron chi connectivity index (χ0n) is 13.0. The average molecular weight is 351 g/mol. The molecule has 0 aromatic heterocycles. The average Bonchev–Trinajstić information content (AvgIpc) is 2.53. The first kappa shape index (κ1) is 15.5. The minimum absolute atomic E-state index is 0.601. The molecular weight excluding hydrogens is 324 g/mol. The van der Waals surface area contributed by atoms with Gasteiger partial charge in [-0.15, -0.1) is 0 Å². The predicted molar refractivity (Wildman–Crippen MR) is 93.2 cm³/mol. The molecule has 3 atom stereocenters. The lowest BCUT2D eigenvalue weighted by atomic mass is 9.94. The van der Waals surface area contributed by atoms with E-state index in [1.54, 1.807) is 0 Å². The summed E-state index contributed by atoms with van der Waals surface area (Å²) in [6.45, 7) is 7.43. The highest BCUT2D eigenvalue weighted by Crippen LogP contribution is 2.27. The fourth-order valence-corrected chi connectivity index (χ4v) is 4.50. The Kier molecular flexibility index (Phi) is 5.36. The van der Waals surface area contributed by atoms with Gasteiger partial charge in [-0.2, -0.15) is 0 Å². The molecule has 2 aliphatic rings. The van der Waals surface area contributed by atoms with E-state index < -0.39 is 0 Å². The van der Waals surface area contributed by atoms with E-state index in [2.05, 4.69) is 63.0 Å². The number of piperazine rings is 1. The highest BCUT2D eigenvalue weighted by Gasteiger charge is 2.33. The van der Waals surface area contributed by atoms with E-state index >= 15 is 0 Å². The molecule has 2 nitrogen and oxygen atoms in total. The van der Waals surface area contributed by atoms with Gasteiger partial charge in [0.25, 0.3) is 0 Å². The summed E-state index contributed by atoms with van der Waals surface area (Å²) in [4.78, 5) is 5.46. The van der Waals surface area contributed by atoms with Crippen LogP contribution in [0.2, 0.25) is 0 Å². The van der Waals surface area contributed by atoms with Crippen molar-refractivity contribution in [3.63, 3.8) is 0 Å². The van der Waals surface area contributed by atoms with Crippen molar-refractivity contribution in [3.05, 3.63) is 35.9 Å². The normalized spacial score (nSPS) is 29.0. The van der Waals surface area contributed by atoms with Crippen LogP contribution in [0.15, 0.2) is 30.3 Å². The van der Waals surface area contributed by atoms with Crippen LogP contribution in [0.25, 0.3) is 0 Å². The molecule has 0 saturated carbocycles. The molecule has 2 aliphatic heterocycles. The predicted octanol–water partition coefficient (Wildman–Crippen LogP) is 3.72. The van der Waals surface area contributed by atoms with Gasteiger partial charge in [-0.3, -0.25) is 9.80 Å². The zero-order chi connectivity index (χ0) is 14.7. The molecule has 3 heteroatoms. The third-order valence-electron chi connectivity index (χ3n) is 5.23. The van der Waals surface area contributed by atoms with Crippen LogP contribution in [0.4, 0.5) is 0 Å². The number of fused-ring (bicyclic) bond motifs is 1. The molecule has 3 rings (SSSR count). The van der Waals surface area contributed by atoms with Gasteiger partial charge >= 0.3 is 0 Å². The van der Waals surface area contributed by atoms with Gasteiger partial charge in [0.2, 0.25) is 0 Å². The first-order valence-electron chi connectivity index (χ1n) is 8.37. The summed E-state index contributed by atoms with van der Waals surface area (Å²) >= 11 is 3.73. The SMILES string of the molecule is CC1CN2CCCCC2CN1CC(CBr)c1ccccc1. The van der Waals surface area contributed by atoms with Crippen molar-refractivity contribution < 1.29 is 0 Å². The van der Waals surface area contributed by atoms with E-state index in [0.29, 0.717) is 12.0 Å². The summed E-state index contributed by atoms with van der Waals surface area (Å²) in [6, 6.07) is 12.5. The van der Waals surface area contributed by atoms with Crippen molar-refractivity contribution in [2.75, 3.05) is 31.5 Å². The number of nitrogens with zero attached hydrogens (tertiary/aromatic N) is 2. The quantitative estimate of drug-likeness (QED) is 0.763.